The first-order valence-corrected chi connectivity index (χ1v) is 6.22. The summed E-state index contributed by atoms with van der Waals surface area (Å²) in [6.07, 6.45) is 6.20. The van der Waals surface area contributed by atoms with Gasteiger partial charge in [0, 0.05) is 0 Å². The monoisotopic (exact) mass is 243 g/mol. The van der Waals surface area contributed by atoms with Gasteiger partial charge in [-0.25, -0.2) is 0 Å². The van der Waals surface area contributed by atoms with Crippen LogP contribution < -0.4 is 5.32 Å². The summed E-state index contributed by atoms with van der Waals surface area (Å²) in [7, 11) is 1.55. The molecule has 1 rings (SSSR count). The molecule has 0 aromatic rings. The average molecular weight is 243 g/mol. The van der Waals surface area contributed by atoms with Crippen LogP contribution in [0, 0.1) is 0 Å². The summed E-state index contributed by atoms with van der Waals surface area (Å²) in [6.45, 7) is 3.87. The van der Waals surface area contributed by atoms with E-state index in [1.165, 1.54) is 19.3 Å². The number of rotatable bonds is 3. The summed E-state index contributed by atoms with van der Waals surface area (Å²) in [5, 5.41) is 12.1. The Kier molecular flexibility index (Phi) is 5.12. The lowest BCUT2D eigenvalue weighted by atomic mass is 9.96. The van der Waals surface area contributed by atoms with E-state index < -0.39 is 5.66 Å². The third-order valence-corrected chi connectivity index (χ3v) is 2.91. The summed E-state index contributed by atoms with van der Waals surface area (Å²) in [5.74, 6) is 0. The fourth-order valence-electron chi connectivity index (χ4n) is 1.75. The van der Waals surface area contributed by atoms with Crippen molar-refractivity contribution in [3.8, 4) is 0 Å². The summed E-state index contributed by atoms with van der Waals surface area (Å²) < 4.78 is 4.90. The summed E-state index contributed by atoms with van der Waals surface area (Å²) in [6, 6.07) is 0.394. The van der Waals surface area contributed by atoms with Crippen LogP contribution in [0.25, 0.3) is 0 Å². The van der Waals surface area contributed by atoms with Gasteiger partial charge in [0.2, 0.25) is 0 Å². The van der Waals surface area contributed by atoms with Gasteiger partial charge in [-0.3, -0.25) is 0 Å². The number of methoxy groups -OCH3 is 1. The van der Waals surface area contributed by atoms with Gasteiger partial charge in [0.15, 0.2) is 0 Å². The van der Waals surface area contributed by atoms with E-state index in [-0.39, 0.29) is 0 Å². The molecule has 4 nitrogen and oxygen atoms in total. The Morgan fingerprint density at radius 1 is 1.31 bits per heavy atom. The Balaban J connectivity index is 2.43. The van der Waals surface area contributed by atoms with E-state index in [4.69, 9.17) is 17.0 Å². The van der Waals surface area contributed by atoms with Crippen molar-refractivity contribution in [1.29, 1.82) is 0 Å². The number of azo groups is 1. The lowest BCUT2D eigenvalue weighted by Crippen LogP contribution is -2.41. The number of ether oxygens (including phenoxy) is 1. The van der Waals surface area contributed by atoms with Crippen molar-refractivity contribution in [1.82, 2.24) is 5.32 Å². The number of hydrogen-bond acceptors (Lipinski definition) is 4. The molecule has 0 spiro atoms. The van der Waals surface area contributed by atoms with E-state index in [9.17, 15) is 0 Å². The van der Waals surface area contributed by atoms with Crippen molar-refractivity contribution < 1.29 is 4.74 Å². The van der Waals surface area contributed by atoms with Gasteiger partial charge in [0.05, 0.1) is 13.2 Å². The maximum atomic E-state index is 4.94. The lowest BCUT2D eigenvalue weighted by Gasteiger charge is -2.23. The SMILES string of the molecule is COC(=S)NC(C)(C)N=NC1CCCCC1. The molecule has 0 amide bonds. The van der Waals surface area contributed by atoms with E-state index >= 15 is 0 Å². The van der Waals surface area contributed by atoms with Gasteiger partial charge < -0.3 is 10.1 Å². The van der Waals surface area contributed by atoms with Crippen LogP contribution in [0.1, 0.15) is 46.0 Å². The molecule has 1 N–H and O–H groups in total. The minimum absolute atomic E-state index is 0.354. The minimum Gasteiger partial charge on any atom is -0.474 e. The highest BCUT2D eigenvalue weighted by atomic mass is 32.1. The Hall–Kier alpha value is -0.710. The fraction of sp³-hybridized carbons (Fsp3) is 0.909. The molecule has 1 aliphatic carbocycles. The van der Waals surface area contributed by atoms with Gasteiger partial charge in [-0.15, -0.1) is 0 Å². The Morgan fingerprint density at radius 2 is 1.94 bits per heavy atom. The second kappa shape index (κ2) is 6.13. The molecule has 16 heavy (non-hydrogen) atoms. The van der Waals surface area contributed by atoms with Gasteiger partial charge in [-0.1, -0.05) is 19.3 Å². The first-order chi connectivity index (χ1) is 7.53. The van der Waals surface area contributed by atoms with Gasteiger partial charge in [-0.2, -0.15) is 10.2 Å². The van der Waals surface area contributed by atoms with Crippen LogP contribution >= 0.6 is 12.2 Å². The molecule has 5 heteroatoms. The van der Waals surface area contributed by atoms with E-state index in [1.807, 2.05) is 13.8 Å². The molecule has 0 saturated heterocycles. The van der Waals surface area contributed by atoms with Gasteiger partial charge in [0.1, 0.15) is 5.66 Å². The highest BCUT2D eigenvalue weighted by Gasteiger charge is 2.19. The van der Waals surface area contributed by atoms with Crippen molar-refractivity contribution in [2.75, 3.05) is 7.11 Å². The lowest BCUT2D eigenvalue weighted by molar-refractivity contribution is 0.341. The quantitative estimate of drug-likeness (QED) is 0.612. The predicted octanol–water partition coefficient (Wildman–Crippen LogP) is 3.03. The van der Waals surface area contributed by atoms with E-state index in [0.717, 1.165) is 12.8 Å². The van der Waals surface area contributed by atoms with Crippen molar-refractivity contribution >= 4 is 17.4 Å². The van der Waals surface area contributed by atoms with Crippen molar-refractivity contribution in [2.24, 2.45) is 10.2 Å². The minimum atomic E-state index is -0.482. The summed E-state index contributed by atoms with van der Waals surface area (Å²) >= 11 is 4.94. The van der Waals surface area contributed by atoms with Crippen molar-refractivity contribution in [3.05, 3.63) is 0 Å². The van der Waals surface area contributed by atoms with Crippen LogP contribution in [0.2, 0.25) is 0 Å². The average Bonchev–Trinajstić information content (AvgIpc) is 2.27. The zero-order valence-corrected chi connectivity index (χ0v) is 11.1. The molecule has 92 valence electrons. The molecule has 0 aromatic heterocycles. The summed E-state index contributed by atoms with van der Waals surface area (Å²) in [5.41, 5.74) is -0.482. The molecule has 0 aliphatic heterocycles. The molecule has 0 heterocycles. The van der Waals surface area contributed by atoms with E-state index in [1.54, 1.807) is 7.11 Å². The molecule has 0 bridgehead atoms. The third-order valence-electron chi connectivity index (χ3n) is 2.64. The van der Waals surface area contributed by atoms with Gasteiger partial charge in [0.25, 0.3) is 5.17 Å². The second-order valence-corrected chi connectivity index (χ2v) is 5.05. The Bertz CT molecular complexity index is 260. The topological polar surface area (TPSA) is 46.0 Å². The molecule has 1 saturated carbocycles. The first-order valence-electron chi connectivity index (χ1n) is 5.81. The molecule has 0 unspecified atom stereocenters. The van der Waals surface area contributed by atoms with Crippen LogP contribution in [0.15, 0.2) is 10.2 Å². The summed E-state index contributed by atoms with van der Waals surface area (Å²) in [4.78, 5) is 0. The van der Waals surface area contributed by atoms with Crippen LogP contribution in [-0.4, -0.2) is 24.0 Å². The smallest absolute Gasteiger partial charge is 0.258 e. The fourth-order valence-corrected chi connectivity index (χ4v) is 2.00. The Morgan fingerprint density at radius 3 is 2.50 bits per heavy atom. The van der Waals surface area contributed by atoms with Crippen molar-refractivity contribution in [2.45, 2.75) is 57.7 Å². The predicted molar refractivity (Wildman–Crippen MR) is 68.6 cm³/mol. The molecule has 0 atom stereocenters. The number of nitrogens with one attached hydrogen (secondary N) is 1. The molecular formula is C11H21N3OS. The van der Waals surface area contributed by atoms with Crippen LogP contribution in [0.3, 0.4) is 0 Å². The highest BCUT2D eigenvalue weighted by Crippen LogP contribution is 2.21. The number of hydrogen-bond donors (Lipinski definition) is 1. The number of thiocarbonyl (C=S) groups is 1. The maximum Gasteiger partial charge on any atom is 0.258 e. The van der Waals surface area contributed by atoms with Crippen LogP contribution in [0.5, 0.6) is 0 Å². The molecular weight excluding hydrogens is 222 g/mol. The second-order valence-electron chi connectivity index (χ2n) is 4.68. The maximum absolute atomic E-state index is 4.94. The van der Waals surface area contributed by atoms with Crippen molar-refractivity contribution in [3.63, 3.8) is 0 Å². The van der Waals surface area contributed by atoms with Crippen LogP contribution in [-0.2, 0) is 4.74 Å². The zero-order valence-electron chi connectivity index (χ0n) is 10.3. The molecule has 1 fully saturated rings. The third kappa shape index (κ3) is 4.88. The molecule has 1 aliphatic rings. The zero-order chi connectivity index (χ0) is 12.0. The Labute approximate surface area is 103 Å². The standard InChI is InChI=1S/C11H21N3OS/c1-11(2,12-10(16)15-3)14-13-9-7-5-4-6-8-9/h9H,4-8H2,1-3H3,(H,12,16). The van der Waals surface area contributed by atoms with Gasteiger partial charge in [-0.05, 0) is 38.9 Å². The molecule has 0 aromatic carbocycles. The van der Waals surface area contributed by atoms with E-state index in [2.05, 4.69) is 15.5 Å². The van der Waals surface area contributed by atoms with Gasteiger partial charge >= 0.3 is 0 Å². The largest absolute Gasteiger partial charge is 0.474 e. The number of nitrogens with zero attached hydrogens (tertiary/aromatic N) is 2. The molecule has 0 radical (unpaired) electrons. The first kappa shape index (κ1) is 13.4. The highest BCUT2D eigenvalue weighted by molar-refractivity contribution is 7.80. The normalized spacial score (nSPS) is 18.7. The van der Waals surface area contributed by atoms with E-state index in [0.29, 0.717) is 11.2 Å². The van der Waals surface area contributed by atoms with Crippen LogP contribution in [0.4, 0.5) is 0 Å².